The Morgan fingerprint density at radius 2 is 0.877 bits per heavy atom. The summed E-state index contributed by atoms with van der Waals surface area (Å²) in [6.07, 6.45) is 7.15. The predicted octanol–water partition coefficient (Wildman–Crippen LogP) is 12.8. The molecule has 5 heteroatoms. The number of para-hydroxylation sites is 4. The van der Waals surface area contributed by atoms with Gasteiger partial charge < -0.3 is 18.3 Å². The number of fused-ring (bicyclic) bond motifs is 12. The fourth-order valence-electron chi connectivity index (χ4n) is 11.4. The molecular weight excluding hydrogens is 809 g/mol. The molecule has 9 aromatic carbocycles. The number of hydrogen-bond donors (Lipinski definition) is 0. The zero-order valence-electron chi connectivity index (χ0n) is 35.3. The molecule has 65 heavy (non-hydrogen) atoms. The van der Waals surface area contributed by atoms with E-state index < -0.39 is 8.07 Å². The van der Waals surface area contributed by atoms with Crippen LogP contribution >= 0.6 is 0 Å². The van der Waals surface area contributed by atoms with Crippen molar-refractivity contribution in [2.24, 2.45) is 0 Å². The van der Waals surface area contributed by atoms with Gasteiger partial charge in [0, 0.05) is 55.2 Å². The van der Waals surface area contributed by atoms with E-state index in [0.29, 0.717) is 0 Å². The molecule has 0 amide bonds. The Labute approximate surface area is 376 Å². The molecule has 0 saturated heterocycles. The molecule has 2 unspecified atom stereocenters. The lowest BCUT2D eigenvalue weighted by Crippen LogP contribution is -2.68. The first-order valence-electron chi connectivity index (χ1n) is 22.5. The number of hydrogen-bond acceptors (Lipinski definition) is 2. The number of aromatic nitrogens is 2. The summed E-state index contributed by atoms with van der Waals surface area (Å²) < 4.78 is 18.3. The highest BCUT2D eigenvalue weighted by Gasteiger charge is 2.45. The molecule has 4 nitrogen and oxygen atoms in total. The number of rotatable bonds is 6. The van der Waals surface area contributed by atoms with Gasteiger partial charge in [-0.05, 0) is 93.6 Å². The van der Waals surface area contributed by atoms with Crippen molar-refractivity contribution >= 4 is 89.2 Å². The van der Waals surface area contributed by atoms with Gasteiger partial charge in [0.2, 0.25) is 0 Å². The van der Waals surface area contributed by atoms with Gasteiger partial charge in [-0.1, -0.05) is 158 Å². The van der Waals surface area contributed by atoms with Crippen LogP contribution in [0.3, 0.4) is 0 Å². The third-order valence-corrected chi connectivity index (χ3v) is 19.0. The lowest BCUT2D eigenvalue weighted by Gasteiger charge is -2.37. The second-order valence-electron chi connectivity index (χ2n) is 17.5. The fourth-order valence-corrected chi connectivity index (χ4v) is 16.3. The molecule has 0 N–H and O–H groups in total. The third kappa shape index (κ3) is 5.24. The van der Waals surface area contributed by atoms with Crippen LogP contribution in [0.1, 0.15) is 11.5 Å². The van der Waals surface area contributed by atoms with Crippen LogP contribution in [0.25, 0.3) is 76.9 Å². The minimum Gasteiger partial charge on any atom is -0.485 e. The molecule has 4 heterocycles. The van der Waals surface area contributed by atoms with Crippen molar-refractivity contribution in [3.63, 3.8) is 0 Å². The summed E-state index contributed by atoms with van der Waals surface area (Å²) in [7, 11) is -2.99. The number of ether oxygens (including phenoxy) is 1. The van der Waals surface area contributed by atoms with Crippen LogP contribution in [0.15, 0.2) is 240 Å². The zero-order chi connectivity index (χ0) is 42.6. The van der Waals surface area contributed by atoms with Gasteiger partial charge in [0.05, 0.1) is 22.1 Å². The number of furan rings is 1. The largest absolute Gasteiger partial charge is 0.485 e. The van der Waals surface area contributed by atoms with Crippen LogP contribution in [0.2, 0.25) is 0 Å². The third-order valence-electron chi connectivity index (χ3n) is 14.2. The molecule has 0 radical (unpaired) electrons. The smallest absolute Gasteiger partial charge is 0.179 e. The van der Waals surface area contributed by atoms with Crippen molar-refractivity contribution in [2.45, 2.75) is 12.0 Å². The lowest BCUT2D eigenvalue weighted by atomic mass is 9.91. The summed E-state index contributed by atoms with van der Waals surface area (Å²) in [6, 6.07) is 77.7. The highest BCUT2D eigenvalue weighted by atomic mass is 28.3. The maximum absolute atomic E-state index is 6.79. The monoisotopic (exact) mass is 848 g/mol. The Kier molecular flexibility index (Phi) is 7.80. The van der Waals surface area contributed by atoms with Gasteiger partial charge in [0.25, 0.3) is 0 Å². The summed E-state index contributed by atoms with van der Waals surface area (Å²) in [5.41, 5.74) is 10.0. The standard InChI is InChI=1S/C60H40N2O2Si/c1-3-15-41(16-4-1)65(42-17-5-2-6-18-42,43-29-33-59-51(37-43)49-35-39(27-31-57(49)63-59)61-53-23-11-7-19-45(53)46-20-8-12-24-54(46)61)44-30-34-60-52(38-44)50-36-40(28-32-58(50)64-60)62-55-25-13-9-21-47(55)48-22-10-14-26-56(48)62/h1-38,51,59H. The molecule has 0 saturated carbocycles. The van der Waals surface area contributed by atoms with Crippen molar-refractivity contribution in [2.75, 3.05) is 0 Å². The molecule has 1 aliphatic carbocycles. The SMILES string of the molecule is C1=CC2Oc3ccc(-n4c5ccccc5c5ccccc54)cc3C2C=C1[Si](c1ccccc1)(c1ccccc1)c1ccc2oc3ccc(-n4c5ccccc5c5ccccc54)cc3c2c1. The average Bonchev–Trinajstić information content (AvgIpc) is 4.12. The van der Waals surface area contributed by atoms with Crippen molar-refractivity contribution in [3.8, 4) is 17.1 Å². The topological polar surface area (TPSA) is 32.2 Å². The van der Waals surface area contributed by atoms with E-state index in [1.165, 1.54) is 69.9 Å². The van der Waals surface area contributed by atoms with Crippen LogP contribution in [0, 0.1) is 0 Å². The van der Waals surface area contributed by atoms with Crippen LogP contribution in [0.4, 0.5) is 0 Å². The first-order chi connectivity index (χ1) is 32.2. The van der Waals surface area contributed by atoms with Crippen molar-refractivity contribution in [1.29, 1.82) is 0 Å². The molecule has 0 bridgehead atoms. The molecule has 2 atom stereocenters. The minimum atomic E-state index is -2.99. The van der Waals surface area contributed by atoms with Gasteiger partial charge in [0.1, 0.15) is 23.0 Å². The summed E-state index contributed by atoms with van der Waals surface area (Å²) in [6.45, 7) is 0. The molecule has 2 aliphatic rings. The van der Waals surface area contributed by atoms with Crippen LogP contribution in [0.5, 0.6) is 5.75 Å². The maximum atomic E-state index is 6.79. The molecule has 12 aromatic rings. The van der Waals surface area contributed by atoms with Crippen LogP contribution in [-0.2, 0) is 0 Å². The Bertz CT molecular complexity index is 3800. The quantitative estimate of drug-likeness (QED) is 0.123. The predicted molar refractivity (Wildman–Crippen MR) is 271 cm³/mol. The fraction of sp³-hybridized carbons (Fsp3) is 0.0333. The van der Waals surface area contributed by atoms with E-state index in [-0.39, 0.29) is 12.0 Å². The lowest BCUT2D eigenvalue weighted by molar-refractivity contribution is 0.268. The Balaban J connectivity index is 0.976. The van der Waals surface area contributed by atoms with Crippen molar-refractivity contribution in [3.05, 3.63) is 241 Å². The van der Waals surface area contributed by atoms with Gasteiger partial charge in [-0.3, -0.25) is 0 Å². The Morgan fingerprint density at radius 1 is 0.400 bits per heavy atom. The van der Waals surface area contributed by atoms with Crippen LogP contribution < -0.4 is 20.3 Å². The van der Waals surface area contributed by atoms with E-state index in [0.717, 1.165) is 39.1 Å². The van der Waals surface area contributed by atoms with E-state index in [1.807, 2.05) is 0 Å². The van der Waals surface area contributed by atoms with Gasteiger partial charge >= 0.3 is 0 Å². The normalized spacial score (nSPS) is 15.8. The zero-order valence-corrected chi connectivity index (χ0v) is 36.3. The Morgan fingerprint density at radius 3 is 1.45 bits per heavy atom. The molecule has 0 fully saturated rings. The highest BCUT2D eigenvalue weighted by molar-refractivity contribution is 7.16. The van der Waals surface area contributed by atoms with Crippen molar-refractivity contribution in [1.82, 2.24) is 9.13 Å². The summed E-state index contributed by atoms with van der Waals surface area (Å²) in [4.78, 5) is 0. The second kappa shape index (κ2) is 13.9. The van der Waals surface area contributed by atoms with E-state index in [9.17, 15) is 0 Å². The van der Waals surface area contributed by atoms with E-state index >= 15 is 0 Å². The van der Waals surface area contributed by atoms with E-state index in [4.69, 9.17) is 9.15 Å². The molecule has 0 spiro atoms. The minimum absolute atomic E-state index is 0.0320. The molecule has 3 aromatic heterocycles. The van der Waals surface area contributed by atoms with Crippen LogP contribution in [-0.4, -0.2) is 23.3 Å². The summed E-state index contributed by atoms with van der Waals surface area (Å²) in [5.74, 6) is 0.980. The second-order valence-corrected chi connectivity index (χ2v) is 21.3. The number of benzene rings is 9. The molecular formula is C60H40N2O2Si. The molecule has 1 aliphatic heterocycles. The maximum Gasteiger partial charge on any atom is 0.179 e. The summed E-state index contributed by atoms with van der Waals surface area (Å²) >= 11 is 0. The van der Waals surface area contributed by atoms with Gasteiger partial charge in [-0.15, -0.1) is 0 Å². The number of nitrogens with zero attached hydrogens (tertiary/aromatic N) is 2. The summed E-state index contributed by atoms with van der Waals surface area (Å²) in [5, 5.41) is 12.5. The first-order valence-corrected chi connectivity index (χ1v) is 24.5. The van der Waals surface area contributed by atoms with Gasteiger partial charge in [-0.25, -0.2) is 0 Å². The first kappa shape index (κ1) is 36.4. The number of allylic oxidation sites excluding steroid dienone is 2. The van der Waals surface area contributed by atoms with E-state index in [2.05, 4.69) is 240 Å². The average molecular weight is 849 g/mol. The molecule has 306 valence electrons. The van der Waals surface area contributed by atoms with E-state index in [1.54, 1.807) is 0 Å². The van der Waals surface area contributed by atoms with Gasteiger partial charge in [0.15, 0.2) is 8.07 Å². The highest BCUT2D eigenvalue weighted by Crippen LogP contribution is 2.45. The van der Waals surface area contributed by atoms with Gasteiger partial charge in [-0.2, -0.15) is 0 Å². The Hall–Kier alpha value is -8.12. The molecule has 14 rings (SSSR count). The van der Waals surface area contributed by atoms with Crippen molar-refractivity contribution < 1.29 is 9.15 Å².